The topological polar surface area (TPSA) is 56.7 Å². The van der Waals surface area contributed by atoms with Crippen LogP contribution in [-0.2, 0) is 6.42 Å². The summed E-state index contributed by atoms with van der Waals surface area (Å²) in [7, 11) is 0. The van der Waals surface area contributed by atoms with E-state index in [1.807, 2.05) is 28.5 Å². The van der Waals surface area contributed by atoms with Crippen molar-refractivity contribution in [3.8, 4) is 16.3 Å². The molecule has 5 nitrogen and oxygen atoms in total. The summed E-state index contributed by atoms with van der Waals surface area (Å²) < 4.78 is 0. The molecule has 2 heterocycles. The maximum atomic E-state index is 12.9. The standard InChI is InChI=1S/C22H23N3O2S/c1-2-16-7-9-17(10-8-16)21-23-18(15-28-21)22(27)25-13-11-24(12-14-25)19-5-3-4-6-20(19)26/h3-10,15,26H,2,11-14H2,1H3. The van der Waals surface area contributed by atoms with Crippen molar-refractivity contribution < 1.29 is 9.90 Å². The van der Waals surface area contributed by atoms with Crippen LogP contribution in [-0.4, -0.2) is 47.1 Å². The van der Waals surface area contributed by atoms with Gasteiger partial charge < -0.3 is 14.9 Å². The lowest BCUT2D eigenvalue weighted by atomic mass is 10.1. The number of carbonyl (C=O) groups is 1. The second-order valence-electron chi connectivity index (χ2n) is 6.86. The Morgan fingerprint density at radius 1 is 1.07 bits per heavy atom. The predicted octanol–water partition coefficient (Wildman–Crippen LogP) is 4.04. The number of nitrogens with zero attached hydrogens (tertiary/aromatic N) is 3. The molecule has 0 aliphatic carbocycles. The number of para-hydroxylation sites is 2. The van der Waals surface area contributed by atoms with E-state index in [0.29, 0.717) is 31.9 Å². The molecule has 3 aromatic rings. The highest BCUT2D eigenvalue weighted by molar-refractivity contribution is 7.13. The van der Waals surface area contributed by atoms with Gasteiger partial charge >= 0.3 is 0 Å². The first kappa shape index (κ1) is 18.5. The van der Waals surface area contributed by atoms with Crippen molar-refractivity contribution in [2.45, 2.75) is 13.3 Å². The van der Waals surface area contributed by atoms with Crippen LogP contribution in [0.2, 0.25) is 0 Å². The predicted molar refractivity (Wildman–Crippen MR) is 113 cm³/mol. The first-order valence-electron chi connectivity index (χ1n) is 9.52. The Morgan fingerprint density at radius 2 is 1.79 bits per heavy atom. The van der Waals surface area contributed by atoms with E-state index in [1.54, 1.807) is 6.07 Å². The number of benzene rings is 2. The van der Waals surface area contributed by atoms with E-state index < -0.39 is 0 Å². The molecule has 1 aliphatic heterocycles. The molecule has 0 saturated carbocycles. The van der Waals surface area contributed by atoms with Crippen molar-refractivity contribution in [2.75, 3.05) is 31.1 Å². The fourth-order valence-electron chi connectivity index (χ4n) is 3.43. The van der Waals surface area contributed by atoms with Gasteiger partial charge in [-0.3, -0.25) is 4.79 Å². The molecular formula is C22H23N3O2S. The average Bonchev–Trinajstić information content (AvgIpc) is 3.24. The van der Waals surface area contributed by atoms with Crippen molar-refractivity contribution in [1.29, 1.82) is 0 Å². The van der Waals surface area contributed by atoms with Crippen LogP contribution in [0.4, 0.5) is 5.69 Å². The molecule has 28 heavy (non-hydrogen) atoms. The van der Waals surface area contributed by atoms with E-state index in [2.05, 4.69) is 41.1 Å². The summed E-state index contributed by atoms with van der Waals surface area (Å²) in [5, 5.41) is 12.8. The van der Waals surface area contributed by atoms with Gasteiger partial charge in [0.05, 0.1) is 5.69 Å². The summed E-state index contributed by atoms with van der Waals surface area (Å²) in [6.45, 7) is 4.75. The largest absolute Gasteiger partial charge is 0.506 e. The third kappa shape index (κ3) is 3.73. The molecular weight excluding hydrogens is 370 g/mol. The molecule has 144 valence electrons. The molecule has 4 rings (SSSR count). The van der Waals surface area contributed by atoms with Gasteiger partial charge in [-0.05, 0) is 24.1 Å². The van der Waals surface area contributed by atoms with Crippen LogP contribution < -0.4 is 4.90 Å². The number of phenolic OH excluding ortho intramolecular Hbond substituents is 1. The van der Waals surface area contributed by atoms with E-state index in [-0.39, 0.29) is 11.7 Å². The Labute approximate surface area is 168 Å². The molecule has 6 heteroatoms. The van der Waals surface area contributed by atoms with Crippen molar-refractivity contribution in [1.82, 2.24) is 9.88 Å². The van der Waals surface area contributed by atoms with Crippen LogP contribution in [0.25, 0.3) is 10.6 Å². The molecule has 2 aromatic carbocycles. The Kier molecular flexibility index (Phi) is 5.30. The van der Waals surface area contributed by atoms with Crippen molar-refractivity contribution in [3.63, 3.8) is 0 Å². The number of phenols is 1. The maximum absolute atomic E-state index is 12.9. The number of aromatic nitrogens is 1. The SMILES string of the molecule is CCc1ccc(-c2nc(C(=O)N3CCN(c4ccccc4O)CC3)cs2)cc1. The van der Waals surface area contributed by atoms with Crippen molar-refractivity contribution in [2.24, 2.45) is 0 Å². The molecule has 1 aliphatic rings. The molecule has 0 atom stereocenters. The number of amides is 1. The van der Waals surface area contributed by atoms with Crippen LogP contribution in [0.15, 0.2) is 53.9 Å². The number of piperazine rings is 1. The van der Waals surface area contributed by atoms with Gasteiger partial charge in [-0.15, -0.1) is 11.3 Å². The molecule has 0 radical (unpaired) electrons. The third-order valence-corrected chi connectivity index (χ3v) is 6.01. The lowest BCUT2D eigenvalue weighted by molar-refractivity contribution is 0.0741. The first-order valence-corrected chi connectivity index (χ1v) is 10.4. The van der Waals surface area contributed by atoms with E-state index in [9.17, 15) is 9.90 Å². The smallest absolute Gasteiger partial charge is 0.273 e. The van der Waals surface area contributed by atoms with Gasteiger partial charge in [0.25, 0.3) is 5.91 Å². The number of anilines is 1. The minimum Gasteiger partial charge on any atom is -0.506 e. The van der Waals surface area contributed by atoms with Crippen molar-refractivity contribution >= 4 is 22.9 Å². The molecule has 0 unspecified atom stereocenters. The third-order valence-electron chi connectivity index (χ3n) is 5.12. The average molecular weight is 394 g/mol. The Balaban J connectivity index is 1.42. The summed E-state index contributed by atoms with van der Waals surface area (Å²) in [6.07, 6.45) is 1.01. The Hall–Kier alpha value is -2.86. The minimum absolute atomic E-state index is 0.0235. The summed E-state index contributed by atoms with van der Waals surface area (Å²) in [4.78, 5) is 21.4. The highest BCUT2D eigenvalue weighted by Crippen LogP contribution is 2.28. The van der Waals surface area contributed by atoms with Gasteiger partial charge in [0.1, 0.15) is 16.5 Å². The van der Waals surface area contributed by atoms with E-state index in [1.165, 1.54) is 16.9 Å². The number of aromatic hydroxyl groups is 1. The van der Waals surface area contributed by atoms with Gasteiger partial charge in [0, 0.05) is 37.1 Å². The highest BCUT2D eigenvalue weighted by atomic mass is 32.1. The molecule has 1 N–H and O–H groups in total. The molecule has 1 aromatic heterocycles. The van der Waals surface area contributed by atoms with Crippen LogP contribution >= 0.6 is 11.3 Å². The lowest BCUT2D eigenvalue weighted by Gasteiger charge is -2.36. The number of hydrogen-bond donors (Lipinski definition) is 1. The number of carbonyl (C=O) groups excluding carboxylic acids is 1. The van der Waals surface area contributed by atoms with E-state index >= 15 is 0 Å². The zero-order valence-electron chi connectivity index (χ0n) is 15.8. The minimum atomic E-state index is -0.0235. The molecule has 1 amide bonds. The lowest BCUT2D eigenvalue weighted by Crippen LogP contribution is -2.48. The monoisotopic (exact) mass is 393 g/mol. The summed E-state index contributed by atoms with van der Waals surface area (Å²) in [5.41, 5.74) is 3.67. The van der Waals surface area contributed by atoms with Gasteiger partial charge in [-0.25, -0.2) is 4.98 Å². The highest BCUT2D eigenvalue weighted by Gasteiger charge is 2.25. The van der Waals surface area contributed by atoms with Gasteiger partial charge in [-0.2, -0.15) is 0 Å². The van der Waals surface area contributed by atoms with Gasteiger partial charge in [-0.1, -0.05) is 43.3 Å². The number of aryl methyl sites for hydroxylation is 1. The molecule has 1 fully saturated rings. The number of hydrogen-bond acceptors (Lipinski definition) is 5. The quantitative estimate of drug-likeness (QED) is 0.727. The molecule has 0 bridgehead atoms. The molecule has 0 spiro atoms. The normalized spacial score (nSPS) is 14.3. The van der Waals surface area contributed by atoms with Gasteiger partial charge in [0.15, 0.2) is 0 Å². The Bertz CT molecular complexity index is 960. The van der Waals surface area contributed by atoms with Crippen LogP contribution in [0.5, 0.6) is 5.75 Å². The number of thiazole rings is 1. The maximum Gasteiger partial charge on any atom is 0.273 e. The zero-order chi connectivity index (χ0) is 19.5. The fourth-order valence-corrected chi connectivity index (χ4v) is 4.23. The van der Waals surface area contributed by atoms with E-state index in [4.69, 9.17) is 0 Å². The first-order chi connectivity index (χ1) is 13.7. The van der Waals surface area contributed by atoms with Gasteiger partial charge in [0.2, 0.25) is 0 Å². The second kappa shape index (κ2) is 8.02. The van der Waals surface area contributed by atoms with Crippen LogP contribution in [0.3, 0.4) is 0 Å². The fraction of sp³-hybridized carbons (Fsp3) is 0.273. The van der Waals surface area contributed by atoms with Crippen LogP contribution in [0, 0.1) is 0 Å². The zero-order valence-corrected chi connectivity index (χ0v) is 16.7. The Morgan fingerprint density at radius 3 is 2.46 bits per heavy atom. The summed E-state index contributed by atoms with van der Waals surface area (Å²) in [5.74, 6) is 0.255. The summed E-state index contributed by atoms with van der Waals surface area (Å²) in [6, 6.07) is 15.7. The van der Waals surface area contributed by atoms with Crippen molar-refractivity contribution in [3.05, 3.63) is 65.2 Å². The number of rotatable bonds is 4. The molecule has 1 saturated heterocycles. The van der Waals surface area contributed by atoms with E-state index in [0.717, 1.165) is 22.7 Å². The van der Waals surface area contributed by atoms with Crippen LogP contribution in [0.1, 0.15) is 23.0 Å². The summed E-state index contributed by atoms with van der Waals surface area (Å²) >= 11 is 1.51. The second-order valence-corrected chi connectivity index (χ2v) is 7.71.